The number of rotatable bonds is 3. The van der Waals surface area contributed by atoms with Crippen molar-refractivity contribution in [2.24, 2.45) is 5.10 Å². The minimum atomic E-state index is -0.355. The monoisotopic (exact) mass is 242 g/mol. The normalized spacial score (nSPS) is 11.3. The fourth-order valence-corrected chi connectivity index (χ4v) is 1.46. The summed E-state index contributed by atoms with van der Waals surface area (Å²) in [6.07, 6.45) is 1.45. The summed E-state index contributed by atoms with van der Waals surface area (Å²) in [5, 5.41) is 4.04. The second-order valence-electron chi connectivity index (χ2n) is 3.98. The summed E-state index contributed by atoms with van der Waals surface area (Å²) in [6, 6.07) is 11.2. The number of furan rings is 1. The number of aryl methyl sites for hydroxylation is 1. The zero-order valence-corrected chi connectivity index (χ0v) is 10.3. The number of nitrogens with zero attached hydrogens (tertiary/aromatic N) is 1. The van der Waals surface area contributed by atoms with E-state index in [0.717, 1.165) is 11.3 Å². The predicted molar refractivity (Wildman–Crippen MR) is 69.6 cm³/mol. The molecule has 0 fully saturated rings. The number of hydrogen-bond donors (Lipinski definition) is 1. The van der Waals surface area contributed by atoms with Gasteiger partial charge in [0.1, 0.15) is 0 Å². The molecule has 0 atom stereocenters. The number of nitrogens with one attached hydrogen (secondary N) is 1. The van der Waals surface area contributed by atoms with Gasteiger partial charge >= 0.3 is 5.91 Å². The van der Waals surface area contributed by atoms with Gasteiger partial charge in [0.05, 0.1) is 12.0 Å². The molecule has 1 N–H and O–H groups in total. The van der Waals surface area contributed by atoms with Crippen molar-refractivity contribution in [3.63, 3.8) is 0 Å². The Morgan fingerprint density at radius 2 is 1.94 bits per heavy atom. The molecule has 2 aromatic rings. The number of hydrazone groups is 1. The van der Waals surface area contributed by atoms with Crippen molar-refractivity contribution in [1.29, 1.82) is 0 Å². The highest BCUT2D eigenvalue weighted by Gasteiger charge is 2.06. The molecule has 4 nitrogen and oxygen atoms in total. The lowest BCUT2D eigenvalue weighted by molar-refractivity contribution is 0.0927. The van der Waals surface area contributed by atoms with E-state index in [2.05, 4.69) is 10.5 Å². The molecule has 0 unspecified atom stereocenters. The molecule has 92 valence electrons. The number of carbonyl (C=O) groups is 1. The second kappa shape index (κ2) is 5.31. The molecule has 18 heavy (non-hydrogen) atoms. The molecule has 1 aromatic heterocycles. The highest BCUT2D eigenvalue weighted by Crippen LogP contribution is 2.04. The van der Waals surface area contributed by atoms with E-state index in [0.29, 0.717) is 0 Å². The van der Waals surface area contributed by atoms with Crippen LogP contribution in [-0.2, 0) is 0 Å². The van der Waals surface area contributed by atoms with Crippen molar-refractivity contribution in [1.82, 2.24) is 5.43 Å². The summed E-state index contributed by atoms with van der Waals surface area (Å²) in [7, 11) is 0. The molecule has 0 radical (unpaired) electrons. The maximum absolute atomic E-state index is 11.6. The van der Waals surface area contributed by atoms with E-state index in [1.165, 1.54) is 11.8 Å². The average Bonchev–Trinajstić information content (AvgIpc) is 2.90. The fraction of sp³-hybridized carbons (Fsp3) is 0.143. The lowest BCUT2D eigenvalue weighted by Gasteiger charge is -2.02. The Morgan fingerprint density at radius 1 is 1.22 bits per heavy atom. The van der Waals surface area contributed by atoms with E-state index in [4.69, 9.17) is 4.42 Å². The quantitative estimate of drug-likeness (QED) is 0.664. The Kier molecular flexibility index (Phi) is 3.57. The van der Waals surface area contributed by atoms with Crippen LogP contribution in [0.1, 0.15) is 28.6 Å². The fourth-order valence-electron chi connectivity index (χ4n) is 1.46. The van der Waals surface area contributed by atoms with Gasteiger partial charge in [-0.15, -0.1) is 0 Å². The van der Waals surface area contributed by atoms with Crippen LogP contribution in [0.25, 0.3) is 0 Å². The summed E-state index contributed by atoms with van der Waals surface area (Å²) < 4.78 is 4.97. The molecule has 0 saturated heterocycles. The number of benzene rings is 1. The first-order valence-electron chi connectivity index (χ1n) is 5.62. The van der Waals surface area contributed by atoms with Crippen LogP contribution in [0.15, 0.2) is 52.2 Å². The summed E-state index contributed by atoms with van der Waals surface area (Å²) >= 11 is 0. The summed E-state index contributed by atoms with van der Waals surface area (Å²) in [4.78, 5) is 11.6. The van der Waals surface area contributed by atoms with Crippen LogP contribution in [0.2, 0.25) is 0 Å². The van der Waals surface area contributed by atoms with E-state index < -0.39 is 0 Å². The third-order valence-corrected chi connectivity index (χ3v) is 2.54. The maximum atomic E-state index is 11.6. The van der Waals surface area contributed by atoms with E-state index in [-0.39, 0.29) is 11.7 Å². The Hall–Kier alpha value is -2.36. The molecule has 0 aliphatic heterocycles. The van der Waals surface area contributed by atoms with Gasteiger partial charge < -0.3 is 4.42 Å². The largest absolute Gasteiger partial charge is 0.459 e. The SMILES string of the molecule is C/C(=N/NC(=O)c1ccco1)c1ccc(C)cc1. The first kappa shape index (κ1) is 12.1. The van der Waals surface area contributed by atoms with Gasteiger partial charge in [-0.3, -0.25) is 4.79 Å². The third kappa shape index (κ3) is 2.85. The van der Waals surface area contributed by atoms with Crippen LogP contribution in [0, 0.1) is 6.92 Å². The molecular weight excluding hydrogens is 228 g/mol. The minimum Gasteiger partial charge on any atom is -0.459 e. The Balaban J connectivity index is 2.05. The minimum absolute atomic E-state index is 0.246. The molecule has 1 aromatic carbocycles. The van der Waals surface area contributed by atoms with Gasteiger partial charge in [-0.25, -0.2) is 5.43 Å². The van der Waals surface area contributed by atoms with Gasteiger partial charge in [-0.1, -0.05) is 29.8 Å². The highest BCUT2D eigenvalue weighted by molar-refractivity contribution is 6.00. The van der Waals surface area contributed by atoms with Gasteiger partial charge in [-0.05, 0) is 31.5 Å². The van der Waals surface area contributed by atoms with Crippen molar-refractivity contribution in [2.45, 2.75) is 13.8 Å². The number of carbonyl (C=O) groups excluding carboxylic acids is 1. The third-order valence-electron chi connectivity index (χ3n) is 2.54. The van der Waals surface area contributed by atoms with Gasteiger partial charge in [0.2, 0.25) is 0 Å². The second-order valence-corrected chi connectivity index (χ2v) is 3.98. The first-order valence-corrected chi connectivity index (χ1v) is 5.62. The highest BCUT2D eigenvalue weighted by atomic mass is 16.3. The number of amides is 1. The molecule has 2 rings (SSSR count). The van der Waals surface area contributed by atoms with E-state index in [1.807, 2.05) is 38.1 Å². The van der Waals surface area contributed by atoms with Gasteiger partial charge in [0.25, 0.3) is 0 Å². The Bertz CT molecular complexity index is 554. The number of hydrogen-bond acceptors (Lipinski definition) is 3. The van der Waals surface area contributed by atoms with Crippen molar-refractivity contribution in [3.05, 3.63) is 59.5 Å². The van der Waals surface area contributed by atoms with E-state index >= 15 is 0 Å². The molecule has 0 aliphatic rings. The van der Waals surface area contributed by atoms with Crippen molar-refractivity contribution in [2.75, 3.05) is 0 Å². The van der Waals surface area contributed by atoms with Crippen molar-refractivity contribution >= 4 is 11.6 Å². The summed E-state index contributed by atoms with van der Waals surface area (Å²) in [5.41, 5.74) is 5.36. The molecule has 0 saturated carbocycles. The summed E-state index contributed by atoms with van der Waals surface area (Å²) in [5.74, 6) is -0.109. The first-order chi connectivity index (χ1) is 8.66. The van der Waals surface area contributed by atoms with Crippen LogP contribution in [0.3, 0.4) is 0 Å². The lowest BCUT2D eigenvalue weighted by atomic mass is 10.1. The Morgan fingerprint density at radius 3 is 2.56 bits per heavy atom. The summed E-state index contributed by atoms with van der Waals surface area (Å²) in [6.45, 7) is 3.86. The standard InChI is InChI=1S/C14H14N2O2/c1-10-5-7-12(8-6-10)11(2)15-16-14(17)13-4-3-9-18-13/h3-9H,1-2H3,(H,16,17)/b15-11-. The molecule has 1 heterocycles. The smallest absolute Gasteiger partial charge is 0.307 e. The molecule has 0 aliphatic carbocycles. The Labute approximate surface area is 105 Å². The van der Waals surface area contributed by atoms with Crippen molar-refractivity contribution in [3.8, 4) is 0 Å². The van der Waals surface area contributed by atoms with Crippen LogP contribution in [-0.4, -0.2) is 11.6 Å². The van der Waals surface area contributed by atoms with E-state index in [9.17, 15) is 4.79 Å². The van der Waals surface area contributed by atoms with Crippen LogP contribution >= 0.6 is 0 Å². The van der Waals surface area contributed by atoms with Gasteiger partial charge in [-0.2, -0.15) is 5.10 Å². The van der Waals surface area contributed by atoms with E-state index in [1.54, 1.807) is 12.1 Å². The molecular formula is C14H14N2O2. The van der Waals surface area contributed by atoms with Crippen LogP contribution in [0.4, 0.5) is 0 Å². The van der Waals surface area contributed by atoms with Crippen LogP contribution < -0.4 is 5.43 Å². The zero-order valence-electron chi connectivity index (χ0n) is 10.3. The van der Waals surface area contributed by atoms with Crippen molar-refractivity contribution < 1.29 is 9.21 Å². The molecule has 0 spiro atoms. The lowest BCUT2D eigenvalue weighted by Crippen LogP contribution is -2.18. The molecule has 0 bridgehead atoms. The molecule has 1 amide bonds. The van der Waals surface area contributed by atoms with Gasteiger partial charge in [0.15, 0.2) is 5.76 Å². The zero-order chi connectivity index (χ0) is 13.0. The topological polar surface area (TPSA) is 54.6 Å². The van der Waals surface area contributed by atoms with Gasteiger partial charge in [0, 0.05) is 0 Å². The van der Waals surface area contributed by atoms with Crippen LogP contribution in [0.5, 0.6) is 0 Å². The average molecular weight is 242 g/mol. The predicted octanol–water partition coefficient (Wildman–Crippen LogP) is 2.74. The molecule has 4 heteroatoms. The maximum Gasteiger partial charge on any atom is 0.307 e.